The summed E-state index contributed by atoms with van der Waals surface area (Å²) < 4.78 is 5.05. The van der Waals surface area contributed by atoms with Gasteiger partial charge >= 0.3 is 5.97 Å². The molecule has 0 aromatic rings. The van der Waals surface area contributed by atoms with Gasteiger partial charge in [0.05, 0.1) is 6.61 Å². The van der Waals surface area contributed by atoms with Gasteiger partial charge < -0.3 is 4.74 Å². The third-order valence-electron chi connectivity index (χ3n) is 3.81. The molecule has 0 saturated heterocycles. The molecule has 124 valence electrons. The zero-order chi connectivity index (χ0) is 15.8. The zero-order valence-corrected chi connectivity index (χ0v) is 14.6. The maximum Gasteiger partial charge on any atom is 0.330 e. The van der Waals surface area contributed by atoms with E-state index < -0.39 is 0 Å². The van der Waals surface area contributed by atoms with Gasteiger partial charge in [-0.1, -0.05) is 70.8 Å². The predicted octanol–water partition coefficient (Wildman–Crippen LogP) is 6.20. The molecule has 0 aromatic carbocycles. The Bertz CT molecular complexity index is 253. The zero-order valence-electron chi connectivity index (χ0n) is 14.6. The molecule has 2 heteroatoms. The standard InChI is InChI=1S/C19H36O2/c1-4-7-9-11-13-15-18(17-19(20)21-6-3)16-14-12-10-8-5-2/h17H,4-16H2,1-3H3. The van der Waals surface area contributed by atoms with Crippen LogP contribution in [-0.4, -0.2) is 12.6 Å². The molecule has 0 N–H and O–H groups in total. The van der Waals surface area contributed by atoms with Gasteiger partial charge in [0.25, 0.3) is 0 Å². The second-order valence-electron chi connectivity index (χ2n) is 5.88. The highest BCUT2D eigenvalue weighted by Crippen LogP contribution is 2.18. The smallest absolute Gasteiger partial charge is 0.330 e. The van der Waals surface area contributed by atoms with Gasteiger partial charge in [-0.2, -0.15) is 0 Å². The van der Waals surface area contributed by atoms with Gasteiger partial charge in [-0.25, -0.2) is 4.79 Å². The SMILES string of the molecule is CCCCCCCC(=CC(=O)OCC)CCCCCCC. The molecule has 0 saturated carbocycles. The van der Waals surface area contributed by atoms with E-state index in [0.717, 1.165) is 12.8 Å². The van der Waals surface area contributed by atoms with Gasteiger partial charge in [-0.05, 0) is 32.6 Å². The first-order valence-electron chi connectivity index (χ1n) is 9.10. The van der Waals surface area contributed by atoms with Crippen LogP contribution in [-0.2, 0) is 9.53 Å². The summed E-state index contributed by atoms with van der Waals surface area (Å²) in [7, 11) is 0. The Morgan fingerprint density at radius 1 is 0.762 bits per heavy atom. The molecule has 0 fully saturated rings. The summed E-state index contributed by atoms with van der Waals surface area (Å²) >= 11 is 0. The fourth-order valence-electron chi connectivity index (χ4n) is 2.53. The van der Waals surface area contributed by atoms with E-state index in [1.54, 1.807) is 6.08 Å². The van der Waals surface area contributed by atoms with Crippen LogP contribution in [0.1, 0.15) is 97.8 Å². The van der Waals surface area contributed by atoms with E-state index in [9.17, 15) is 4.79 Å². The van der Waals surface area contributed by atoms with Crippen LogP contribution >= 0.6 is 0 Å². The number of carbonyl (C=O) groups is 1. The van der Waals surface area contributed by atoms with Gasteiger partial charge in [-0.3, -0.25) is 0 Å². The first-order chi connectivity index (χ1) is 10.2. The van der Waals surface area contributed by atoms with Crippen molar-refractivity contribution in [1.29, 1.82) is 0 Å². The van der Waals surface area contributed by atoms with Crippen LogP contribution < -0.4 is 0 Å². The average Bonchev–Trinajstić information content (AvgIpc) is 2.46. The lowest BCUT2D eigenvalue weighted by Crippen LogP contribution is -2.01. The van der Waals surface area contributed by atoms with Gasteiger partial charge in [0, 0.05) is 6.08 Å². The van der Waals surface area contributed by atoms with E-state index in [1.165, 1.54) is 69.8 Å². The van der Waals surface area contributed by atoms with Gasteiger partial charge in [-0.15, -0.1) is 0 Å². The molecule has 0 spiro atoms. The Morgan fingerprint density at radius 3 is 1.67 bits per heavy atom. The highest BCUT2D eigenvalue weighted by Gasteiger charge is 2.03. The third-order valence-corrected chi connectivity index (χ3v) is 3.81. The van der Waals surface area contributed by atoms with Crippen molar-refractivity contribution in [2.24, 2.45) is 0 Å². The Labute approximate surface area is 132 Å². The van der Waals surface area contributed by atoms with E-state index in [2.05, 4.69) is 13.8 Å². The van der Waals surface area contributed by atoms with Crippen LogP contribution in [0.2, 0.25) is 0 Å². The number of esters is 1. The second kappa shape index (κ2) is 15.6. The lowest BCUT2D eigenvalue weighted by molar-refractivity contribution is -0.137. The molecule has 0 amide bonds. The van der Waals surface area contributed by atoms with Crippen LogP contribution in [0.15, 0.2) is 11.6 Å². The Balaban J connectivity index is 4.05. The topological polar surface area (TPSA) is 26.3 Å². The van der Waals surface area contributed by atoms with E-state index in [1.807, 2.05) is 6.92 Å². The maximum absolute atomic E-state index is 11.6. The van der Waals surface area contributed by atoms with E-state index in [4.69, 9.17) is 4.74 Å². The molecule has 0 unspecified atom stereocenters. The number of ether oxygens (including phenoxy) is 1. The van der Waals surface area contributed by atoms with Crippen molar-refractivity contribution in [3.8, 4) is 0 Å². The van der Waals surface area contributed by atoms with Crippen molar-refractivity contribution >= 4 is 5.97 Å². The molecular formula is C19H36O2. The molecule has 21 heavy (non-hydrogen) atoms. The molecule has 0 radical (unpaired) electrons. The quantitative estimate of drug-likeness (QED) is 0.217. The van der Waals surface area contributed by atoms with E-state index >= 15 is 0 Å². The molecule has 2 nitrogen and oxygen atoms in total. The van der Waals surface area contributed by atoms with Crippen molar-refractivity contribution in [2.45, 2.75) is 97.8 Å². The van der Waals surface area contributed by atoms with Crippen molar-refractivity contribution in [3.05, 3.63) is 11.6 Å². The van der Waals surface area contributed by atoms with Gasteiger partial charge in [0.2, 0.25) is 0 Å². The van der Waals surface area contributed by atoms with Crippen LogP contribution in [0, 0.1) is 0 Å². The van der Waals surface area contributed by atoms with Gasteiger partial charge in [0.15, 0.2) is 0 Å². The van der Waals surface area contributed by atoms with Crippen molar-refractivity contribution in [2.75, 3.05) is 6.61 Å². The summed E-state index contributed by atoms with van der Waals surface area (Å²) in [5, 5.41) is 0. The molecule has 0 atom stereocenters. The Kier molecular flexibility index (Phi) is 15.0. The largest absolute Gasteiger partial charge is 0.463 e. The van der Waals surface area contributed by atoms with Crippen molar-refractivity contribution in [1.82, 2.24) is 0 Å². The number of hydrogen-bond donors (Lipinski definition) is 0. The minimum Gasteiger partial charge on any atom is -0.463 e. The fourth-order valence-corrected chi connectivity index (χ4v) is 2.53. The molecular weight excluding hydrogens is 260 g/mol. The monoisotopic (exact) mass is 296 g/mol. The summed E-state index contributed by atoms with van der Waals surface area (Å²) in [4.78, 5) is 11.6. The number of allylic oxidation sites excluding steroid dienone is 1. The van der Waals surface area contributed by atoms with E-state index in [-0.39, 0.29) is 5.97 Å². The first-order valence-corrected chi connectivity index (χ1v) is 9.10. The number of rotatable bonds is 14. The summed E-state index contributed by atoms with van der Waals surface area (Å²) in [6.45, 7) is 6.81. The van der Waals surface area contributed by atoms with Crippen molar-refractivity contribution in [3.63, 3.8) is 0 Å². The molecule has 0 rings (SSSR count). The molecule has 0 heterocycles. The Morgan fingerprint density at radius 2 is 1.24 bits per heavy atom. The number of hydrogen-bond acceptors (Lipinski definition) is 2. The molecule has 0 aliphatic rings. The lowest BCUT2D eigenvalue weighted by Gasteiger charge is -2.08. The molecule has 0 aliphatic carbocycles. The van der Waals surface area contributed by atoms with Crippen LogP contribution in [0.5, 0.6) is 0 Å². The van der Waals surface area contributed by atoms with Crippen molar-refractivity contribution < 1.29 is 9.53 Å². The molecule has 0 aliphatic heterocycles. The lowest BCUT2D eigenvalue weighted by atomic mass is 9.99. The van der Waals surface area contributed by atoms with Crippen LogP contribution in [0.4, 0.5) is 0 Å². The first kappa shape index (κ1) is 20.2. The summed E-state index contributed by atoms with van der Waals surface area (Å²) in [6.07, 6.45) is 16.7. The van der Waals surface area contributed by atoms with Crippen LogP contribution in [0.3, 0.4) is 0 Å². The minimum atomic E-state index is -0.158. The maximum atomic E-state index is 11.6. The Hall–Kier alpha value is -0.790. The number of carbonyl (C=O) groups excluding carboxylic acids is 1. The normalized spacial score (nSPS) is 10.4. The summed E-state index contributed by atoms with van der Waals surface area (Å²) in [6, 6.07) is 0. The molecule has 0 aromatic heterocycles. The predicted molar refractivity (Wildman–Crippen MR) is 91.5 cm³/mol. The third kappa shape index (κ3) is 13.9. The van der Waals surface area contributed by atoms with Gasteiger partial charge in [0.1, 0.15) is 0 Å². The van der Waals surface area contributed by atoms with E-state index in [0.29, 0.717) is 6.61 Å². The number of unbranched alkanes of at least 4 members (excludes halogenated alkanes) is 8. The minimum absolute atomic E-state index is 0.158. The highest BCUT2D eigenvalue weighted by atomic mass is 16.5. The summed E-state index contributed by atoms with van der Waals surface area (Å²) in [5.41, 5.74) is 1.29. The second-order valence-corrected chi connectivity index (χ2v) is 5.88. The highest BCUT2D eigenvalue weighted by molar-refractivity contribution is 5.82. The molecule has 0 bridgehead atoms. The average molecular weight is 296 g/mol. The van der Waals surface area contributed by atoms with Crippen LogP contribution in [0.25, 0.3) is 0 Å². The fraction of sp³-hybridized carbons (Fsp3) is 0.842. The summed E-state index contributed by atoms with van der Waals surface area (Å²) in [5.74, 6) is -0.158.